The zero-order valence-corrected chi connectivity index (χ0v) is 11.5. The van der Waals surface area contributed by atoms with Gasteiger partial charge in [0.15, 0.2) is 0 Å². The molecule has 7 nitrogen and oxygen atoms in total. The molecule has 0 radical (unpaired) electrons. The van der Waals surface area contributed by atoms with Crippen molar-refractivity contribution in [3.63, 3.8) is 0 Å². The number of amides is 1. The molecule has 2 aromatic rings. The van der Waals surface area contributed by atoms with Gasteiger partial charge in [0.1, 0.15) is 0 Å². The van der Waals surface area contributed by atoms with Gasteiger partial charge in [0.25, 0.3) is 5.91 Å². The average Bonchev–Trinajstić information content (AvgIpc) is 2.90. The number of fused-ring (bicyclic) bond motifs is 1. The van der Waals surface area contributed by atoms with Crippen molar-refractivity contribution in [3.05, 3.63) is 30.4 Å². The van der Waals surface area contributed by atoms with E-state index in [0.717, 1.165) is 19.3 Å². The highest BCUT2D eigenvalue weighted by molar-refractivity contribution is 6.00. The second-order valence-corrected chi connectivity index (χ2v) is 5.21. The van der Waals surface area contributed by atoms with E-state index in [1.165, 1.54) is 6.20 Å². The highest BCUT2D eigenvalue weighted by atomic mass is 16.4. The first kappa shape index (κ1) is 13.5. The molecule has 3 rings (SSSR count). The average molecular weight is 288 g/mol. The first-order valence-electron chi connectivity index (χ1n) is 6.97. The number of carboxylic acid groups (broad SMARTS) is 1. The van der Waals surface area contributed by atoms with Gasteiger partial charge in [-0.05, 0) is 19.3 Å². The van der Waals surface area contributed by atoms with Crippen LogP contribution in [0.2, 0.25) is 0 Å². The highest BCUT2D eigenvalue weighted by Crippen LogP contribution is 2.23. The zero-order valence-electron chi connectivity index (χ0n) is 11.5. The van der Waals surface area contributed by atoms with E-state index >= 15 is 0 Å². The minimum atomic E-state index is -0.874. The lowest BCUT2D eigenvalue weighted by Crippen LogP contribution is -2.44. The molecule has 0 aromatic carbocycles. The molecule has 0 bridgehead atoms. The third-order valence-corrected chi connectivity index (χ3v) is 3.85. The largest absolute Gasteiger partial charge is 0.481 e. The maximum absolute atomic E-state index is 12.7. The molecule has 1 atom stereocenters. The monoisotopic (exact) mass is 288 g/mol. The molecule has 0 spiro atoms. The van der Waals surface area contributed by atoms with Gasteiger partial charge >= 0.3 is 5.97 Å². The quantitative estimate of drug-likeness (QED) is 0.916. The number of nitrogens with zero attached hydrogens (tertiary/aromatic N) is 4. The molecule has 1 N–H and O–H groups in total. The summed E-state index contributed by atoms with van der Waals surface area (Å²) in [7, 11) is 0. The summed E-state index contributed by atoms with van der Waals surface area (Å²) < 4.78 is 1.59. The molecule has 1 saturated heterocycles. The van der Waals surface area contributed by atoms with E-state index in [9.17, 15) is 9.59 Å². The second kappa shape index (κ2) is 5.51. The smallest absolute Gasteiger partial charge is 0.305 e. The van der Waals surface area contributed by atoms with Crippen molar-refractivity contribution in [1.29, 1.82) is 0 Å². The van der Waals surface area contributed by atoms with Crippen molar-refractivity contribution in [2.75, 3.05) is 6.54 Å². The third kappa shape index (κ3) is 2.58. The minimum Gasteiger partial charge on any atom is -0.481 e. The molecular weight excluding hydrogens is 272 g/mol. The summed E-state index contributed by atoms with van der Waals surface area (Å²) in [4.78, 5) is 29.4. The van der Waals surface area contributed by atoms with Gasteiger partial charge in [-0.25, -0.2) is 4.52 Å². The first-order chi connectivity index (χ1) is 10.2. The third-order valence-electron chi connectivity index (χ3n) is 3.85. The second-order valence-electron chi connectivity index (χ2n) is 5.21. The molecule has 2 aromatic heterocycles. The van der Waals surface area contributed by atoms with Crippen molar-refractivity contribution in [3.8, 4) is 0 Å². The van der Waals surface area contributed by atoms with E-state index in [2.05, 4.69) is 10.1 Å². The van der Waals surface area contributed by atoms with Crippen molar-refractivity contribution < 1.29 is 14.7 Å². The van der Waals surface area contributed by atoms with E-state index in [-0.39, 0.29) is 18.4 Å². The predicted octanol–water partition coefficient (Wildman–Crippen LogP) is 1.20. The van der Waals surface area contributed by atoms with Gasteiger partial charge in [0, 0.05) is 25.0 Å². The number of aliphatic carboxylic acids is 1. The van der Waals surface area contributed by atoms with Gasteiger partial charge in [0.05, 0.1) is 29.9 Å². The Morgan fingerprint density at radius 3 is 3.00 bits per heavy atom. The van der Waals surface area contributed by atoms with Gasteiger partial charge in [-0.1, -0.05) is 0 Å². The Hall–Kier alpha value is -2.44. The summed E-state index contributed by atoms with van der Waals surface area (Å²) in [5.41, 5.74) is 1.11. The van der Waals surface area contributed by atoms with Crippen LogP contribution in [0.25, 0.3) is 5.52 Å². The van der Waals surface area contributed by atoms with Crippen molar-refractivity contribution >= 4 is 17.4 Å². The summed E-state index contributed by atoms with van der Waals surface area (Å²) in [5.74, 6) is -1.04. The highest BCUT2D eigenvalue weighted by Gasteiger charge is 2.30. The number of piperidine rings is 1. The summed E-state index contributed by atoms with van der Waals surface area (Å²) in [6.45, 7) is 0.592. The molecule has 110 valence electrons. The first-order valence-corrected chi connectivity index (χ1v) is 6.97. The molecule has 1 fully saturated rings. The van der Waals surface area contributed by atoms with Crippen molar-refractivity contribution in [2.24, 2.45) is 0 Å². The molecular formula is C14H16N4O3. The molecule has 1 amide bonds. The normalized spacial score (nSPS) is 18.9. The number of likely N-dealkylation sites (tertiary alicyclic amines) is 1. The number of aromatic nitrogens is 3. The van der Waals surface area contributed by atoms with Gasteiger partial charge < -0.3 is 10.0 Å². The fourth-order valence-electron chi connectivity index (χ4n) is 2.84. The van der Waals surface area contributed by atoms with Crippen molar-refractivity contribution in [1.82, 2.24) is 19.5 Å². The lowest BCUT2D eigenvalue weighted by molar-refractivity contribution is -0.138. The molecule has 1 unspecified atom stereocenters. The van der Waals surface area contributed by atoms with Crippen LogP contribution in [0.15, 0.2) is 24.8 Å². The molecule has 1 aliphatic rings. The number of hydrogen-bond acceptors (Lipinski definition) is 4. The van der Waals surface area contributed by atoms with Gasteiger partial charge in [-0.3, -0.25) is 14.6 Å². The van der Waals surface area contributed by atoms with Crippen LogP contribution in [0, 0.1) is 0 Å². The van der Waals surface area contributed by atoms with Crippen LogP contribution >= 0.6 is 0 Å². The standard InChI is InChI=1S/C14H16N4O3/c19-13(20)7-10-3-1-2-5-17(10)14(21)11-8-16-18-6-4-15-9-12(11)18/h4,6,8-10H,1-3,5,7H2,(H,19,20). The number of hydrogen-bond donors (Lipinski definition) is 1. The van der Waals surface area contributed by atoms with E-state index in [4.69, 9.17) is 5.11 Å². The van der Waals surface area contributed by atoms with Crippen molar-refractivity contribution in [2.45, 2.75) is 31.7 Å². The van der Waals surface area contributed by atoms with Crippen LogP contribution in [-0.2, 0) is 4.79 Å². The summed E-state index contributed by atoms with van der Waals surface area (Å²) in [6.07, 6.45) is 8.97. The summed E-state index contributed by atoms with van der Waals surface area (Å²) >= 11 is 0. The molecule has 0 aliphatic carbocycles. The summed E-state index contributed by atoms with van der Waals surface area (Å²) in [6, 6.07) is -0.240. The number of carbonyl (C=O) groups is 2. The molecule has 3 heterocycles. The Morgan fingerprint density at radius 2 is 2.19 bits per heavy atom. The zero-order chi connectivity index (χ0) is 14.8. The Kier molecular flexibility index (Phi) is 3.55. The Bertz CT molecular complexity index is 682. The van der Waals surface area contributed by atoms with Crippen LogP contribution in [0.1, 0.15) is 36.0 Å². The maximum atomic E-state index is 12.7. The van der Waals surface area contributed by atoms with Gasteiger partial charge in [-0.2, -0.15) is 5.10 Å². The topological polar surface area (TPSA) is 87.8 Å². The Balaban J connectivity index is 1.90. The van der Waals surface area contributed by atoms with Gasteiger partial charge in [0.2, 0.25) is 0 Å². The molecule has 21 heavy (non-hydrogen) atoms. The van der Waals surface area contributed by atoms with E-state index in [1.54, 1.807) is 28.0 Å². The van der Waals surface area contributed by atoms with Gasteiger partial charge in [-0.15, -0.1) is 0 Å². The summed E-state index contributed by atoms with van der Waals surface area (Å²) in [5, 5.41) is 13.1. The Labute approximate surface area is 121 Å². The minimum absolute atomic E-state index is 0.0107. The van der Waals surface area contributed by atoms with Crippen LogP contribution < -0.4 is 0 Å². The fourth-order valence-corrected chi connectivity index (χ4v) is 2.84. The SMILES string of the molecule is O=C(O)CC1CCCCN1C(=O)c1cnn2ccncc12. The van der Waals surface area contributed by atoms with Crippen LogP contribution in [0.4, 0.5) is 0 Å². The molecule has 7 heteroatoms. The van der Waals surface area contributed by atoms with Crippen LogP contribution in [0.3, 0.4) is 0 Å². The predicted molar refractivity (Wildman–Crippen MR) is 73.9 cm³/mol. The number of rotatable bonds is 3. The maximum Gasteiger partial charge on any atom is 0.305 e. The van der Waals surface area contributed by atoms with E-state index in [0.29, 0.717) is 17.6 Å². The number of carbonyl (C=O) groups excluding carboxylic acids is 1. The molecule has 1 aliphatic heterocycles. The molecule has 0 saturated carbocycles. The van der Waals surface area contributed by atoms with Crippen LogP contribution in [0.5, 0.6) is 0 Å². The van der Waals surface area contributed by atoms with E-state index in [1.807, 2.05) is 0 Å². The fraction of sp³-hybridized carbons (Fsp3) is 0.429. The Morgan fingerprint density at radius 1 is 1.33 bits per heavy atom. The van der Waals surface area contributed by atoms with Crippen LogP contribution in [-0.4, -0.2) is 49.1 Å². The lowest BCUT2D eigenvalue weighted by atomic mass is 9.98. The number of carboxylic acids is 1. The van der Waals surface area contributed by atoms with E-state index < -0.39 is 5.97 Å². The lowest BCUT2D eigenvalue weighted by Gasteiger charge is -2.34.